The number of hydrogen-bond donors (Lipinski definition) is 2. The van der Waals surface area contributed by atoms with Crippen molar-refractivity contribution in [2.24, 2.45) is 0 Å². The second-order valence-electron chi connectivity index (χ2n) is 5.26. The molecule has 0 fully saturated rings. The summed E-state index contributed by atoms with van der Waals surface area (Å²) in [6.45, 7) is 0. The number of rotatable bonds is 3. The largest absolute Gasteiger partial charge is 0.325 e. The highest BCUT2D eigenvalue weighted by molar-refractivity contribution is 6.37. The molecule has 2 N–H and O–H groups in total. The van der Waals surface area contributed by atoms with Gasteiger partial charge >= 0.3 is 6.03 Å². The van der Waals surface area contributed by atoms with Crippen LogP contribution in [-0.2, 0) is 4.79 Å². The lowest BCUT2D eigenvalue weighted by Crippen LogP contribution is -2.39. The van der Waals surface area contributed by atoms with Gasteiger partial charge in [-0.25, -0.2) is 4.79 Å². The van der Waals surface area contributed by atoms with Crippen LogP contribution in [0.2, 0.25) is 0 Å². The van der Waals surface area contributed by atoms with Gasteiger partial charge in [-0.2, -0.15) is 0 Å². The summed E-state index contributed by atoms with van der Waals surface area (Å²) in [6.07, 6.45) is 0. The molecule has 1 atom stereocenters. The Balaban J connectivity index is 2.00. The quantitative estimate of drug-likeness (QED) is 0.534. The second-order valence-corrected chi connectivity index (χ2v) is 6.09. The summed E-state index contributed by atoms with van der Waals surface area (Å²) >= 11 is 11.3. The predicted octanol–water partition coefficient (Wildman–Crippen LogP) is 4.49. The standard InChI is InChI=1S/C18H14Cl2N2O2/c19-10-15(20)17(23)22-18(24)21-16-13-7-3-1-5-11(13)9-12-6-2-4-8-14(12)16/h1-9,15H,10H2,(H2,21,22,23,24). The molecular weight excluding hydrogens is 347 g/mol. The Morgan fingerprint density at radius 2 is 1.50 bits per heavy atom. The molecule has 0 saturated carbocycles. The number of halogens is 2. The lowest BCUT2D eigenvalue weighted by molar-refractivity contribution is -0.119. The maximum absolute atomic E-state index is 12.2. The van der Waals surface area contributed by atoms with E-state index in [2.05, 4.69) is 16.7 Å². The van der Waals surface area contributed by atoms with Crippen LogP contribution in [0.1, 0.15) is 0 Å². The van der Waals surface area contributed by atoms with Crippen molar-refractivity contribution in [1.29, 1.82) is 0 Å². The number of imide groups is 1. The highest BCUT2D eigenvalue weighted by atomic mass is 35.5. The number of alkyl halides is 2. The second kappa shape index (κ2) is 7.07. The van der Waals surface area contributed by atoms with Gasteiger partial charge in [0.15, 0.2) is 0 Å². The van der Waals surface area contributed by atoms with Crippen molar-refractivity contribution < 1.29 is 9.59 Å². The fourth-order valence-corrected chi connectivity index (χ4v) is 2.75. The number of carbonyl (C=O) groups is 2. The normalized spacial score (nSPS) is 12.1. The first kappa shape index (κ1) is 16.6. The van der Waals surface area contributed by atoms with Crippen LogP contribution in [-0.4, -0.2) is 23.2 Å². The molecule has 3 aromatic rings. The predicted molar refractivity (Wildman–Crippen MR) is 99.0 cm³/mol. The smallest absolute Gasteiger partial charge is 0.306 e. The Labute approximate surface area is 148 Å². The van der Waals surface area contributed by atoms with Crippen molar-refractivity contribution in [3.05, 3.63) is 54.6 Å². The number of hydrogen-bond acceptors (Lipinski definition) is 2. The van der Waals surface area contributed by atoms with E-state index in [-0.39, 0.29) is 5.88 Å². The fourth-order valence-electron chi connectivity index (χ4n) is 2.55. The van der Waals surface area contributed by atoms with Crippen molar-refractivity contribution in [2.45, 2.75) is 5.38 Å². The third-order valence-corrected chi connectivity index (χ3v) is 4.49. The summed E-state index contributed by atoms with van der Waals surface area (Å²) in [4.78, 5) is 23.9. The molecule has 0 aliphatic heterocycles. The number of anilines is 1. The summed E-state index contributed by atoms with van der Waals surface area (Å²) in [5.74, 6) is -0.702. The van der Waals surface area contributed by atoms with Crippen molar-refractivity contribution in [3.8, 4) is 0 Å². The van der Waals surface area contributed by atoms with Crippen LogP contribution < -0.4 is 10.6 Å². The lowest BCUT2D eigenvalue weighted by atomic mass is 10.0. The Hall–Kier alpha value is -2.30. The van der Waals surface area contributed by atoms with Gasteiger partial charge in [0, 0.05) is 16.7 Å². The molecule has 3 rings (SSSR count). The van der Waals surface area contributed by atoms with Gasteiger partial charge in [0.1, 0.15) is 5.38 Å². The van der Waals surface area contributed by atoms with E-state index in [4.69, 9.17) is 23.2 Å². The van der Waals surface area contributed by atoms with Gasteiger partial charge in [-0.05, 0) is 16.8 Å². The SMILES string of the molecule is O=C(NC(=O)C(Cl)CCl)Nc1c2ccccc2cc2ccccc12. The molecule has 0 saturated heterocycles. The Kier molecular flexibility index (Phi) is 4.88. The zero-order chi connectivity index (χ0) is 17.1. The average molecular weight is 361 g/mol. The van der Waals surface area contributed by atoms with Gasteiger partial charge in [0.05, 0.1) is 5.69 Å². The Morgan fingerprint density at radius 1 is 0.958 bits per heavy atom. The molecule has 0 radical (unpaired) electrons. The highest BCUT2D eigenvalue weighted by Crippen LogP contribution is 2.32. The maximum Gasteiger partial charge on any atom is 0.325 e. The molecule has 0 aliphatic carbocycles. The van der Waals surface area contributed by atoms with Crippen LogP contribution >= 0.6 is 23.2 Å². The average Bonchev–Trinajstić information content (AvgIpc) is 2.60. The molecule has 0 aliphatic rings. The molecular formula is C18H14Cl2N2O2. The van der Waals surface area contributed by atoms with Crippen LogP contribution in [0.25, 0.3) is 21.5 Å². The monoisotopic (exact) mass is 360 g/mol. The van der Waals surface area contributed by atoms with Crippen LogP contribution in [0.5, 0.6) is 0 Å². The molecule has 3 amide bonds. The summed E-state index contributed by atoms with van der Waals surface area (Å²) in [6, 6.07) is 16.9. The van der Waals surface area contributed by atoms with Crippen LogP contribution in [0, 0.1) is 0 Å². The first-order chi connectivity index (χ1) is 11.6. The molecule has 24 heavy (non-hydrogen) atoms. The summed E-state index contributed by atoms with van der Waals surface area (Å²) in [7, 11) is 0. The molecule has 1 unspecified atom stereocenters. The van der Waals surface area contributed by atoms with E-state index in [1.165, 1.54) is 0 Å². The van der Waals surface area contributed by atoms with Crippen molar-refractivity contribution in [3.63, 3.8) is 0 Å². The van der Waals surface area contributed by atoms with Gasteiger partial charge in [0.2, 0.25) is 5.91 Å². The van der Waals surface area contributed by atoms with Crippen molar-refractivity contribution in [2.75, 3.05) is 11.2 Å². The molecule has 122 valence electrons. The topological polar surface area (TPSA) is 58.2 Å². The number of urea groups is 1. The summed E-state index contributed by atoms with van der Waals surface area (Å²) in [5.41, 5.74) is 0.644. The third kappa shape index (κ3) is 3.30. The van der Waals surface area contributed by atoms with E-state index < -0.39 is 17.3 Å². The molecule has 3 aromatic carbocycles. The van der Waals surface area contributed by atoms with E-state index in [9.17, 15) is 9.59 Å². The molecule has 0 aromatic heterocycles. The van der Waals surface area contributed by atoms with E-state index in [1.54, 1.807) is 0 Å². The maximum atomic E-state index is 12.2. The summed E-state index contributed by atoms with van der Waals surface area (Å²) in [5, 5.41) is 7.78. The van der Waals surface area contributed by atoms with E-state index in [1.807, 2.05) is 48.5 Å². The zero-order valence-electron chi connectivity index (χ0n) is 12.6. The number of benzene rings is 3. The number of carbonyl (C=O) groups excluding carboxylic acids is 2. The Morgan fingerprint density at radius 3 is 2.04 bits per heavy atom. The number of amides is 3. The van der Waals surface area contributed by atoms with E-state index in [0.717, 1.165) is 21.5 Å². The number of fused-ring (bicyclic) bond motifs is 2. The van der Waals surface area contributed by atoms with Crippen LogP contribution in [0.3, 0.4) is 0 Å². The van der Waals surface area contributed by atoms with Gasteiger partial charge in [-0.3, -0.25) is 10.1 Å². The van der Waals surface area contributed by atoms with E-state index in [0.29, 0.717) is 5.69 Å². The Bertz CT molecular complexity index is 873. The minimum absolute atomic E-state index is 0.0716. The molecule has 0 bridgehead atoms. The third-order valence-electron chi connectivity index (χ3n) is 3.67. The summed E-state index contributed by atoms with van der Waals surface area (Å²) < 4.78 is 0. The van der Waals surface area contributed by atoms with E-state index >= 15 is 0 Å². The molecule has 4 nitrogen and oxygen atoms in total. The molecule has 0 heterocycles. The fraction of sp³-hybridized carbons (Fsp3) is 0.111. The molecule has 0 spiro atoms. The van der Waals surface area contributed by atoms with Gasteiger partial charge < -0.3 is 5.32 Å². The van der Waals surface area contributed by atoms with Gasteiger partial charge in [-0.15, -0.1) is 23.2 Å². The van der Waals surface area contributed by atoms with Crippen molar-refractivity contribution in [1.82, 2.24) is 5.32 Å². The van der Waals surface area contributed by atoms with Crippen LogP contribution in [0.4, 0.5) is 10.5 Å². The zero-order valence-corrected chi connectivity index (χ0v) is 14.1. The van der Waals surface area contributed by atoms with Crippen LogP contribution in [0.15, 0.2) is 54.6 Å². The first-order valence-electron chi connectivity index (χ1n) is 7.32. The minimum atomic E-state index is -0.957. The highest BCUT2D eigenvalue weighted by Gasteiger charge is 2.18. The molecule has 6 heteroatoms. The van der Waals surface area contributed by atoms with Gasteiger partial charge in [-0.1, -0.05) is 48.5 Å². The lowest BCUT2D eigenvalue weighted by Gasteiger charge is -2.14. The number of nitrogens with one attached hydrogen (secondary N) is 2. The minimum Gasteiger partial charge on any atom is -0.306 e. The first-order valence-corrected chi connectivity index (χ1v) is 8.29. The van der Waals surface area contributed by atoms with Crippen molar-refractivity contribution >= 4 is 62.4 Å². The van der Waals surface area contributed by atoms with Gasteiger partial charge in [0.25, 0.3) is 0 Å².